The Hall–Kier alpha value is -1.34. The van der Waals surface area contributed by atoms with E-state index in [9.17, 15) is 4.79 Å². The van der Waals surface area contributed by atoms with Crippen molar-refractivity contribution in [3.05, 3.63) is 0 Å². The first-order valence-corrected chi connectivity index (χ1v) is 4.86. The number of ether oxygens (including phenoxy) is 1. The highest BCUT2D eigenvalue weighted by Crippen LogP contribution is 1.99. The lowest BCUT2D eigenvalue weighted by Crippen LogP contribution is -2.41. The van der Waals surface area contributed by atoms with Gasteiger partial charge in [-0.2, -0.15) is 0 Å². The van der Waals surface area contributed by atoms with Crippen LogP contribution in [-0.2, 0) is 9.53 Å². The van der Waals surface area contributed by atoms with Crippen LogP contribution in [0.25, 0.3) is 0 Å². The Balaban J connectivity index is 2.23. The van der Waals surface area contributed by atoms with E-state index in [0.717, 1.165) is 0 Å². The summed E-state index contributed by atoms with van der Waals surface area (Å²) in [6.07, 6.45) is 0.350. The Bertz CT molecular complexity index is 237. The lowest BCUT2D eigenvalue weighted by atomic mass is 10.3. The number of nitrogens with zero attached hydrogens (tertiary/aromatic N) is 2. The van der Waals surface area contributed by atoms with Crippen molar-refractivity contribution in [3.8, 4) is 0 Å². The van der Waals surface area contributed by atoms with Crippen LogP contribution in [0.15, 0.2) is 4.99 Å². The fourth-order valence-electron chi connectivity index (χ4n) is 1.29. The van der Waals surface area contributed by atoms with E-state index < -0.39 is 0 Å². The summed E-state index contributed by atoms with van der Waals surface area (Å²) in [5, 5.41) is 0. The molecule has 0 spiro atoms. The lowest BCUT2D eigenvalue weighted by Gasteiger charge is -2.26. The molecule has 0 saturated carbocycles. The highest BCUT2D eigenvalue weighted by Gasteiger charge is 2.15. The number of nitrogens with two attached hydrogens (primary N) is 2. The summed E-state index contributed by atoms with van der Waals surface area (Å²) in [6, 6.07) is 0. The largest absolute Gasteiger partial charge is 0.378 e. The number of carbonyl (C=O) groups is 1. The molecule has 86 valence electrons. The van der Waals surface area contributed by atoms with Gasteiger partial charge in [0.15, 0.2) is 0 Å². The molecule has 0 unspecified atom stereocenters. The molecule has 7 nitrogen and oxygen atoms in total. The van der Waals surface area contributed by atoms with Crippen LogP contribution in [0, 0.1) is 0 Å². The standard InChI is InChI=1S/C8H17N5O2/c9-8(12-10)11-2-1-7(14)13-3-5-15-6-4-13/h1-6,10H2,(H3,9,11,12). The van der Waals surface area contributed by atoms with Crippen LogP contribution in [0.5, 0.6) is 0 Å². The molecule has 1 aliphatic rings. The van der Waals surface area contributed by atoms with Gasteiger partial charge in [0, 0.05) is 19.5 Å². The number of hydrogen-bond donors (Lipinski definition) is 3. The zero-order valence-corrected chi connectivity index (χ0v) is 8.61. The minimum atomic E-state index is 0.0758. The summed E-state index contributed by atoms with van der Waals surface area (Å²) in [4.78, 5) is 17.2. The number of carbonyl (C=O) groups excluding carboxylic acids is 1. The second-order valence-corrected chi connectivity index (χ2v) is 3.15. The number of nitrogens with one attached hydrogen (secondary N) is 1. The van der Waals surface area contributed by atoms with Gasteiger partial charge in [-0.05, 0) is 0 Å². The first-order valence-electron chi connectivity index (χ1n) is 4.86. The number of hydrogen-bond acceptors (Lipinski definition) is 4. The summed E-state index contributed by atoms with van der Waals surface area (Å²) in [6.45, 7) is 2.90. The van der Waals surface area contributed by atoms with Crippen molar-refractivity contribution in [1.82, 2.24) is 10.3 Å². The van der Waals surface area contributed by atoms with Crippen LogP contribution in [0.2, 0.25) is 0 Å². The summed E-state index contributed by atoms with van der Waals surface area (Å²) in [5.74, 6) is 5.23. The van der Waals surface area contributed by atoms with Gasteiger partial charge in [0.2, 0.25) is 11.9 Å². The second kappa shape index (κ2) is 6.20. The van der Waals surface area contributed by atoms with Crippen molar-refractivity contribution in [1.29, 1.82) is 0 Å². The maximum atomic E-state index is 11.6. The van der Waals surface area contributed by atoms with Crippen LogP contribution in [-0.4, -0.2) is 49.6 Å². The zero-order valence-electron chi connectivity index (χ0n) is 8.61. The van der Waals surface area contributed by atoms with Gasteiger partial charge in [-0.3, -0.25) is 15.2 Å². The third-order valence-electron chi connectivity index (χ3n) is 2.12. The number of rotatable bonds is 3. The number of aliphatic imine (C=N–C) groups is 1. The predicted molar refractivity (Wildman–Crippen MR) is 55.8 cm³/mol. The normalized spacial score (nSPS) is 17.7. The SMILES string of the molecule is NNC(N)=NCCC(=O)N1CCOCC1. The zero-order chi connectivity index (χ0) is 11.1. The van der Waals surface area contributed by atoms with Crippen LogP contribution < -0.4 is 17.0 Å². The van der Waals surface area contributed by atoms with E-state index in [1.54, 1.807) is 4.90 Å². The van der Waals surface area contributed by atoms with Crippen molar-refractivity contribution >= 4 is 11.9 Å². The van der Waals surface area contributed by atoms with Crippen LogP contribution in [0.3, 0.4) is 0 Å². The van der Waals surface area contributed by atoms with Gasteiger partial charge >= 0.3 is 0 Å². The van der Waals surface area contributed by atoms with Crippen molar-refractivity contribution < 1.29 is 9.53 Å². The Morgan fingerprint density at radius 1 is 1.47 bits per heavy atom. The molecule has 7 heteroatoms. The van der Waals surface area contributed by atoms with Crippen LogP contribution in [0.4, 0.5) is 0 Å². The maximum Gasteiger partial charge on any atom is 0.224 e. The molecule has 0 aromatic carbocycles. The fraction of sp³-hybridized carbons (Fsp3) is 0.750. The molecular weight excluding hydrogens is 198 g/mol. The van der Waals surface area contributed by atoms with Gasteiger partial charge < -0.3 is 15.4 Å². The molecule has 1 saturated heterocycles. The second-order valence-electron chi connectivity index (χ2n) is 3.15. The number of hydrazine groups is 1. The molecule has 0 aromatic heterocycles. The summed E-state index contributed by atoms with van der Waals surface area (Å²) < 4.78 is 5.14. The average Bonchev–Trinajstić information content (AvgIpc) is 2.29. The van der Waals surface area contributed by atoms with E-state index in [0.29, 0.717) is 39.3 Å². The molecule has 1 fully saturated rings. The minimum absolute atomic E-state index is 0.0758. The average molecular weight is 215 g/mol. The molecule has 0 radical (unpaired) electrons. The highest BCUT2D eigenvalue weighted by atomic mass is 16.5. The van der Waals surface area contributed by atoms with Gasteiger partial charge in [0.05, 0.1) is 19.8 Å². The molecule has 1 amide bonds. The van der Waals surface area contributed by atoms with E-state index in [1.165, 1.54) is 0 Å². The monoisotopic (exact) mass is 215 g/mol. The van der Waals surface area contributed by atoms with E-state index in [4.69, 9.17) is 16.3 Å². The first-order chi connectivity index (χ1) is 7.24. The molecule has 1 rings (SSSR count). The van der Waals surface area contributed by atoms with Crippen LogP contribution >= 0.6 is 0 Å². The topological polar surface area (TPSA) is 106 Å². The van der Waals surface area contributed by atoms with E-state index in [1.807, 2.05) is 0 Å². The number of guanidine groups is 1. The van der Waals surface area contributed by atoms with Crippen molar-refractivity contribution in [2.75, 3.05) is 32.8 Å². The maximum absolute atomic E-state index is 11.6. The highest BCUT2D eigenvalue weighted by molar-refractivity contribution is 5.79. The lowest BCUT2D eigenvalue weighted by molar-refractivity contribution is -0.135. The number of amides is 1. The van der Waals surface area contributed by atoms with Crippen molar-refractivity contribution in [2.45, 2.75) is 6.42 Å². The third-order valence-corrected chi connectivity index (χ3v) is 2.12. The molecular formula is C8H17N5O2. The van der Waals surface area contributed by atoms with Gasteiger partial charge in [-0.1, -0.05) is 0 Å². The van der Waals surface area contributed by atoms with Gasteiger partial charge in [-0.15, -0.1) is 0 Å². The van der Waals surface area contributed by atoms with Gasteiger partial charge in [0.25, 0.3) is 0 Å². The van der Waals surface area contributed by atoms with Gasteiger partial charge in [0.1, 0.15) is 0 Å². The molecule has 0 aliphatic carbocycles. The Morgan fingerprint density at radius 2 is 2.13 bits per heavy atom. The molecule has 0 atom stereocenters. The Kier molecular flexibility index (Phi) is 4.85. The van der Waals surface area contributed by atoms with Crippen molar-refractivity contribution in [3.63, 3.8) is 0 Å². The van der Waals surface area contributed by atoms with Crippen LogP contribution in [0.1, 0.15) is 6.42 Å². The molecule has 15 heavy (non-hydrogen) atoms. The molecule has 0 aromatic rings. The van der Waals surface area contributed by atoms with Crippen molar-refractivity contribution in [2.24, 2.45) is 16.6 Å². The quantitative estimate of drug-likeness (QED) is 0.219. The molecule has 0 bridgehead atoms. The van der Waals surface area contributed by atoms with E-state index in [-0.39, 0.29) is 11.9 Å². The summed E-state index contributed by atoms with van der Waals surface area (Å²) in [5.41, 5.74) is 7.51. The van der Waals surface area contributed by atoms with E-state index in [2.05, 4.69) is 10.4 Å². The Labute approximate surface area is 88.4 Å². The third kappa shape index (κ3) is 4.13. The number of morpholine rings is 1. The summed E-state index contributed by atoms with van der Waals surface area (Å²) >= 11 is 0. The fourth-order valence-corrected chi connectivity index (χ4v) is 1.29. The summed E-state index contributed by atoms with van der Waals surface area (Å²) in [7, 11) is 0. The predicted octanol–water partition coefficient (Wildman–Crippen LogP) is -1.99. The Morgan fingerprint density at radius 3 is 2.73 bits per heavy atom. The molecule has 1 heterocycles. The molecule has 1 aliphatic heterocycles. The minimum Gasteiger partial charge on any atom is -0.378 e. The smallest absolute Gasteiger partial charge is 0.224 e. The first kappa shape index (κ1) is 11.7. The van der Waals surface area contributed by atoms with Gasteiger partial charge in [-0.25, -0.2) is 5.84 Å². The molecule has 5 N–H and O–H groups in total. The van der Waals surface area contributed by atoms with E-state index >= 15 is 0 Å².